The van der Waals surface area contributed by atoms with Gasteiger partial charge >= 0.3 is 0 Å². The van der Waals surface area contributed by atoms with Gasteiger partial charge in [0.05, 0.1) is 19.0 Å². The highest BCUT2D eigenvalue weighted by atomic mass is 16.5. The zero-order valence-electron chi connectivity index (χ0n) is 14.6. The Morgan fingerprint density at radius 2 is 2.30 bits per heavy atom. The van der Waals surface area contributed by atoms with Crippen molar-refractivity contribution < 1.29 is 14.3 Å². The first-order valence-electron chi connectivity index (χ1n) is 8.47. The molecule has 0 bridgehead atoms. The van der Waals surface area contributed by atoms with Crippen molar-refractivity contribution in [3.8, 4) is 5.88 Å². The molecule has 5 heteroatoms. The van der Waals surface area contributed by atoms with Crippen molar-refractivity contribution in [2.75, 3.05) is 19.0 Å². The highest BCUT2D eigenvalue weighted by Crippen LogP contribution is 2.36. The van der Waals surface area contributed by atoms with Gasteiger partial charge in [-0.1, -0.05) is 20.3 Å². The maximum absolute atomic E-state index is 12.9. The Morgan fingerprint density at radius 3 is 2.91 bits per heavy atom. The molecule has 0 aliphatic heterocycles. The van der Waals surface area contributed by atoms with Crippen molar-refractivity contribution in [3.05, 3.63) is 17.8 Å². The number of pyridine rings is 1. The van der Waals surface area contributed by atoms with Gasteiger partial charge in [-0.15, -0.1) is 0 Å². The van der Waals surface area contributed by atoms with E-state index < -0.39 is 5.60 Å². The smallest absolute Gasteiger partial charge is 0.256 e. The van der Waals surface area contributed by atoms with Gasteiger partial charge in [-0.25, -0.2) is 4.98 Å². The molecule has 23 heavy (non-hydrogen) atoms. The topological polar surface area (TPSA) is 60.5 Å². The van der Waals surface area contributed by atoms with Gasteiger partial charge in [0.15, 0.2) is 0 Å². The lowest BCUT2D eigenvalue weighted by Crippen LogP contribution is -2.48. The van der Waals surface area contributed by atoms with E-state index in [9.17, 15) is 4.79 Å². The van der Waals surface area contributed by atoms with Crippen molar-refractivity contribution in [2.45, 2.75) is 58.5 Å². The van der Waals surface area contributed by atoms with Crippen molar-refractivity contribution >= 4 is 11.6 Å². The summed E-state index contributed by atoms with van der Waals surface area (Å²) in [4.78, 5) is 17.1. The van der Waals surface area contributed by atoms with Gasteiger partial charge in [0.2, 0.25) is 5.88 Å². The van der Waals surface area contributed by atoms with Crippen LogP contribution in [-0.4, -0.2) is 30.2 Å². The summed E-state index contributed by atoms with van der Waals surface area (Å²) in [6, 6.07) is 1.88. The van der Waals surface area contributed by atoms with E-state index in [1.165, 1.54) is 0 Å². The van der Waals surface area contributed by atoms with Crippen LogP contribution in [0.25, 0.3) is 0 Å². The van der Waals surface area contributed by atoms with Crippen LogP contribution in [0, 0.1) is 12.8 Å². The lowest BCUT2D eigenvalue weighted by Gasteiger charge is -2.38. The molecule has 1 heterocycles. The van der Waals surface area contributed by atoms with Crippen LogP contribution in [0.4, 0.5) is 5.69 Å². The fraction of sp³-hybridized carbons (Fsp3) is 0.667. The molecule has 1 N–H and O–H groups in total. The number of nitrogens with one attached hydrogen (secondary N) is 1. The second kappa shape index (κ2) is 7.77. The Hall–Kier alpha value is -1.62. The van der Waals surface area contributed by atoms with E-state index in [-0.39, 0.29) is 5.91 Å². The monoisotopic (exact) mass is 320 g/mol. The molecule has 1 aliphatic carbocycles. The molecule has 1 fully saturated rings. The zero-order valence-corrected chi connectivity index (χ0v) is 14.6. The lowest BCUT2D eigenvalue weighted by molar-refractivity contribution is -0.148. The molecule has 1 aliphatic rings. The largest absolute Gasteiger partial charge is 0.481 e. The van der Waals surface area contributed by atoms with Gasteiger partial charge in [-0.3, -0.25) is 4.79 Å². The summed E-state index contributed by atoms with van der Waals surface area (Å²) in [6.45, 7) is 6.78. The van der Waals surface area contributed by atoms with E-state index in [2.05, 4.69) is 24.1 Å². The number of nitrogens with zero attached hydrogens (tertiary/aromatic N) is 1. The Morgan fingerprint density at radius 1 is 1.52 bits per heavy atom. The number of amides is 1. The molecule has 1 aromatic heterocycles. The van der Waals surface area contributed by atoms with Crippen molar-refractivity contribution in [3.63, 3.8) is 0 Å². The van der Waals surface area contributed by atoms with E-state index >= 15 is 0 Å². The number of carbonyl (C=O) groups is 1. The number of carbonyl (C=O) groups excluding carboxylic acids is 1. The van der Waals surface area contributed by atoms with Crippen molar-refractivity contribution in [1.29, 1.82) is 0 Å². The first kappa shape index (κ1) is 17.7. The minimum absolute atomic E-state index is 0.0520. The standard InChI is InChI=1S/C18H28N2O3/c1-5-9-23-18(8-6-7-13(2)11-18)17(21)20-15-10-14(3)16(22-4)19-12-15/h10,12-13H,5-9,11H2,1-4H3,(H,20,21)/t13-,18-/m1/s1. The highest BCUT2D eigenvalue weighted by molar-refractivity contribution is 5.97. The molecule has 0 aromatic carbocycles. The van der Waals surface area contributed by atoms with Crippen molar-refractivity contribution in [2.24, 2.45) is 5.92 Å². The molecule has 2 atom stereocenters. The molecule has 5 nitrogen and oxygen atoms in total. The van der Waals surface area contributed by atoms with Crippen LogP contribution >= 0.6 is 0 Å². The molecule has 0 spiro atoms. The maximum atomic E-state index is 12.9. The third-order valence-corrected chi connectivity index (χ3v) is 4.43. The molecule has 0 saturated heterocycles. The number of methoxy groups -OCH3 is 1. The Kier molecular flexibility index (Phi) is 5.99. The van der Waals surface area contributed by atoms with Gasteiger partial charge in [-0.05, 0) is 44.6 Å². The van der Waals surface area contributed by atoms with Gasteiger partial charge in [-0.2, -0.15) is 0 Å². The van der Waals surface area contributed by atoms with E-state index in [1.807, 2.05) is 13.0 Å². The summed E-state index contributed by atoms with van der Waals surface area (Å²) >= 11 is 0. The minimum Gasteiger partial charge on any atom is -0.481 e. The quantitative estimate of drug-likeness (QED) is 0.868. The van der Waals surface area contributed by atoms with E-state index in [1.54, 1.807) is 13.3 Å². The van der Waals surface area contributed by atoms with Crippen molar-refractivity contribution in [1.82, 2.24) is 4.98 Å². The average Bonchev–Trinajstić information content (AvgIpc) is 2.53. The Labute approximate surface area is 138 Å². The summed E-state index contributed by atoms with van der Waals surface area (Å²) in [6.07, 6.45) is 6.29. The number of aryl methyl sites for hydroxylation is 1. The molecule has 128 valence electrons. The molecule has 0 radical (unpaired) electrons. The Balaban J connectivity index is 2.15. The number of hydrogen-bond donors (Lipinski definition) is 1. The summed E-state index contributed by atoms with van der Waals surface area (Å²) in [5, 5.41) is 2.99. The molecule has 1 amide bonds. The third kappa shape index (κ3) is 4.22. The van der Waals surface area contributed by atoms with E-state index in [0.29, 0.717) is 24.1 Å². The van der Waals surface area contributed by atoms with Gasteiger partial charge in [0.25, 0.3) is 5.91 Å². The predicted octanol–water partition coefficient (Wildman–Crippen LogP) is 3.71. The summed E-state index contributed by atoms with van der Waals surface area (Å²) < 4.78 is 11.2. The zero-order chi connectivity index (χ0) is 16.9. The number of hydrogen-bond acceptors (Lipinski definition) is 4. The average molecular weight is 320 g/mol. The van der Waals surface area contributed by atoms with Crippen LogP contribution in [0.3, 0.4) is 0 Å². The third-order valence-electron chi connectivity index (χ3n) is 4.43. The first-order valence-corrected chi connectivity index (χ1v) is 8.47. The highest BCUT2D eigenvalue weighted by Gasteiger charge is 2.42. The predicted molar refractivity (Wildman–Crippen MR) is 90.8 cm³/mol. The molecule has 1 saturated carbocycles. The summed E-state index contributed by atoms with van der Waals surface area (Å²) in [5.74, 6) is 1.03. The maximum Gasteiger partial charge on any atom is 0.256 e. The Bertz CT molecular complexity index is 547. The SMILES string of the molecule is CCCO[C@]1(C(=O)Nc2cnc(OC)c(C)c2)CCC[C@@H](C)C1. The first-order chi connectivity index (χ1) is 11.0. The molecule has 1 aromatic rings. The second-order valence-electron chi connectivity index (χ2n) is 6.55. The number of anilines is 1. The molecule has 2 rings (SSSR count). The van der Waals surface area contributed by atoms with E-state index in [0.717, 1.165) is 37.7 Å². The van der Waals surface area contributed by atoms with Crippen LogP contribution < -0.4 is 10.1 Å². The number of rotatable bonds is 6. The second-order valence-corrected chi connectivity index (χ2v) is 6.55. The lowest BCUT2D eigenvalue weighted by atomic mass is 9.78. The fourth-order valence-electron chi connectivity index (χ4n) is 3.29. The van der Waals surface area contributed by atoms with Gasteiger partial charge in [0, 0.05) is 12.2 Å². The van der Waals surface area contributed by atoms with Crippen LogP contribution in [0.15, 0.2) is 12.3 Å². The van der Waals surface area contributed by atoms with Crippen LogP contribution in [-0.2, 0) is 9.53 Å². The molecule has 0 unspecified atom stereocenters. The van der Waals surface area contributed by atoms with Gasteiger partial charge < -0.3 is 14.8 Å². The van der Waals surface area contributed by atoms with Crippen LogP contribution in [0.5, 0.6) is 5.88 Å². The molecular formula is C18H28N2O3. The number of aromatic nitrogens is 1. The molecular weight excluding hydrogens is 292 g/mol. The van der Waals surface area contributed by atoms with Gasteiger partial charge in [0.1, 0.15) is 5.60 Å². The number of ether oxygens (including phenoxy) is 2. The summed E-state index contributed by atoms with van der Waals surface area (Å²) in [5.41, 5.74) is 0.874. The van der Waals surface area contributed by atoms with Crippen LogP contribution in [0.2, 0.25) is 0 Å². The van der Waals surface area contributed by atoms with E-state index in [4.69, 9.17) is 9.47 Å². The summed E-state index contributed by atoms with van der Waals surface area (Å²) in [7, 11) is 1.59. The van der Waals surface area contributed by atoms with Crippen LogP contribution in [0.1, 0.15) is 51.5 Å². The minimum atomic E-state index is -0.707. The normalized spacial score (nSPS) is 24.3. The fourth-order valence-corrected chi connectivity index (χ4v) is 3.29.